The Hall–Kier alpha value is -3.48. The molecule has 0 atom stereocenters. The number of amides is 1. The number of anilines is 3. The van der Waals surface area contributed by atoms with Crippen molar-refractivity contribution in [3.63, 3.8) is 0 Å². The lowest BCUT2D eigenvalue weighted by atomic mass is 10.2. The van der Waals surface area contributed by atoms with Crippen LogP contribution in [0.3, 0.4) is 0 Å². The Morgan fingerprint density at radius 1 is 1.04 bits per heavy atom. The monoisotopic (exact) mass is 338 g/mol. The summed E-state index contributed by atoms with van der Waals surface area (Å²) in [5.74, 6) is 0.165. The lowest BCUT2D eigenvalue weighted by Crippen LogP contribution is -2.14. The van der Waals surface area contributed by atoms with Crippen molar-refractivity contribution in [2.24, 2.45) is 0 Å². The molecule has 0 aliphatic rings. The van der Waals surface area contributed by atoms with E-state index in [0.29, 0.717) is 17.3 Å². The molecular formula is C18H15FN4O2. The fourth-order valence-corrected chi connectivity index (χ4v) is 2.12. The van der Waals surface area contributed by atoms with E-state index in [1.807, 2.05) is 0 Å². The molecule has 0 radical (unpaired) electrons. The maximum Gasteiger partial charge on any atom is 0.276 e. The number of carbonyl (C=O) groups is 1. The smallest absolute Gasteiger partial charge is 0.276 e. The summed E-state index contributed by atoms with van der Waals surface area (Å²) in [6.07, 6.45) is 0. The largest absolute Gasteiger partial charge is 0.497 e. The number of hydrogen-bond acceptors (Lipinski definition) is 5. The Balaban J connectivity index is 1.69. The molecule has 2 N–H and O–H groups in total. The summed E-state index contributed by atoms with van der Waals surface area (Å²) in [4.78, 5) is 12.2. The van der Waals surface area contributed by atoms with Crippen molar-refractivity contribution in [2.45, 2.75) is 0 Å². The highest BCUT2D eigenvalue weighted by molar-refractivity contribution is 6.02. The molecule has 6 nitrogen and oxygen atoms in total. The first-order chi connectivity index (χ1) is 12.2. The van der Waals surface area contributed by atoms with Crippen LogP contribution in [0.15, 0.2) is 60.7 Å². The van der Waals surface area contributed by atoms with Crippen molar-refractivity contribution in [1.82, 2.24) is 10.2 Å². The SMILES string of the molecule is COc1cccc(NC(=O)c2ccc(Nc3ccccc3F)nn2)c1. The molecule has 2 aromatic carbocycles. The molecule has 0 aliphatic carbocycles. The highest BCUT2D eigenvalue weighted by atomic mass is 19.1. The minimum Gasteiger partial charge on any atom is -0.497 e. The third kappa shape index (κ3) is 4.08. The average molecular weight is 338 g/mol. The molecule has 0 saturated carbocycles. The number of nitrogens with zero attached hydrogens (tertiary/aromatic N) is 2. The number of rotatable bonds is 5. The zero-order valence-electron chi connectivity index (χ0n) is 13.4. The van der Waals surface area contributed by atoms with Crippen LogP contribution in [0.1, 0.15) is 10.5 Å². The summed E-state index contributed by atoms with van der Waals surface area (Å²) >= 11 is 0. The van der Waals surface area contributed by atoms with Gasteiger partial charge in [-0.15, -0.1) is 10.2 Å². The van der Waals surface area contributed by atoms with E-state index in [0.717, 1.165) is 0 Å². The summed E-state index contributed by atoms with van der Waals surface area (Å²) in [5, 5.41) is 13.3. The van der Waals surface area contributed by atoms with Gasteiger partial charge in [0.2, 0.25) is 0 Å². The summed E-state index contributed by atoms with van der Waals surface area (Å²) in [6, 6.07) is 16.3. The van der Waals surface area contributed by atoms with Crippen LogP contribution in [0.5, 0.6) is 5.75 Å². The molecule has 1 aromatic heterocycles. The van der Waals surface area contributed by atoms with Crippen molar-refractivity contribution in [3.05, 3.63) is 72.2 Å². The molecule has 3 rings (SSSR count). The van der Waals surface area contributed by atoms with Crippen molar-refractivity contribution in [2.75, 3.05) is 17.7 Å². The second-order valence-electron chi connectivity index (χ2n) is 5.09. The van der Waals surface area contributed by atoms with Gasteiger partial charge in [-0.25, -0.2) is 4.39 Å². The molecule has 126 valence electrons. The Kier molecular flexibility index (Phi) is 4.84. The van der Waals surface area contributed by atoms with Crippen LogP contribution in [0.2, 0.25) is 0 Å². The van der Waals surface area contributed by atoms with Crippen molar-refractivity contribution < 1.29 is 13.9 Å². The van der Waals surface area contributed by atoms with E-state index < -0.39 is 11.7 Å². The normalized spacial score (nSPS) is 10.2. The minimum atomic E-state index is -0.404. The number of benzene rings is 2. The van der Waals surface area contributed by atoms with Crippen LogP contribution in [0.4, 0.5) is 21.6 Å². The molecule has 7 heteroatoms. The van der Waals surface area contributed by atoms with Gasteiger partial charge in [-0.3, -0.25) is 4.79 Å². The lowest BCUT2D eigenvalue weighted by Gasteiger charge is -2.08. The number of nitrogens with one attached hydrogen (secondary N) is 2. The van der Waals surface area contributed by atoms with E-state index in [9.17, 15) is 9.18 Å². The van der Waals surface area contributed by atoms with Gasteiger partial charge in [0, 0.05) is 11.8 Å². The zero-order chi connectivity index (χ0) is 17.6. The summed E-state index contributed by atoms with van der Waals surface area (Å²) in [6.45, 7) is 0. The summed E-state index contributed by atoms with van der Waals surface area (Å²) in [5.41, 5.74) is 1.01. The number of para-hydroxylation sites is 1. The van der Waals surface area contributed by atoms with E-state index in [2.05, 4.69) is 20.8 Å². The van der Waals surface area contributed by atoms with E-state index in [1.165, 1.54) is 12.1 Å². The number of ether oxygens (including phenoxy) is 1. The van der Waals surface area contributed by atoms with Crippen LogP contribution in [-0.4, -0.2) is 23.2 Å². The van der Waals surface area contributed by atoms with E-state index in [1.54, 1.807) is 55.6 Å². The van der Waals surface area contributed by atoms with Gasteiger partial charge in [0.05, 0.1) is 12.8 Å². The second kappa shape index (κ2) is 7.39. The van der Waals surface area contributed by atoms with Gasteiger partial charge in [-0.2, -0.15) is 0 Å². The predicted molar refractivity (Wildman–Crippen MR) is 92.7 cm³/mol. The fraction of sp³-hybridized carbons (Fsp3) is 0.0556. The zero-order valence-corrected chi connectivity index (χ0v) is 13.4. The quantitative estimate of drug-likeness (QED) is 0.743. The van der Waals surface area contributed by atoms with E-state index in [4.69, 9.17) is 4.74 Å². The first kappa shape index (κ1) is 16.4. The average Bonchev–Trinajstić information content (AvgIpc) is 2.64. The molecular weight excluding hydrogens is 323 g/mol. The molecule has 0 unspecified atom stereocenters. The van der Waals surface area contributed by atoms with Crippen molar-refractivity contribution in [3.8, 4) is 5.75 Å². The molecule has 3 aromatic rings. The van der Waals surface area contributed by atoms with Gasteiger partial charge in [0.1, 0.15) is 11.6 Å². The molecule has 0 fully saturated rings. The molecule has 0 saturated heterocycles. The van der Waals surface area contributed by atoms with Crippen LogP contribution in [-0.2, 0) is 0 Å². The molecule has 1 heterocycles. The van der Waals surface area contributed by atoms with Gasteiger partial charge < -0.3 is 15.4 Å². The van der Waals surface area contributed by atoms with E-state index >= 15 is 0 Å². The van der Waals surface area contributed by atoms with Gasteiger partial charge in [0.15, 0.2) is 11.5 Å². The number of halogens is 1. The van der Waals surface area contributed by atoms with Crippen molar-refractivity contribution in [1.29, 1.82) is 0 Å². The number of hydrogen-bond donors (Lipinski definition) is 2. The predicted octanol–water partition coefficient (Wildman–Crippen LogP) is 3.62. The Morgan fingerprint density at radius 2 is 1.88 bits per heavy atom. The first-order valence-electron chi connectivity index (χ1n) is 7.46. The minimum absolute atomic E-state index is 0.141. The maximum atomic E-state index is 13.6. The Morgan fingerprint density at radius 3 is 2.60 bits per heavy atom. The molecule has 25 heavy (non-hydrogen) atoms. The third-order valence-corrected chi connectivity index (χ3v) is 3.36. The van der Waals surface area contributed by atoms with Crippen LogP contribution in [0.25, 0.3) is 0 Å². The number of methoxy groups -OCH3 is 1. The number of aromatic nitrogens is 2. The Bertz CT molecular complexity index is 884. The topological polar surface area (TPSA) is 76.1 Å². The summed E-state index contributed by atoms with van der Waals surface area (Å²) in [7, 11) is 1.55. The van der Waals surface area contributed by atoms with Crippen LogP contribution in [0, 0.1) is 5.82 Å². The second-order valence-corrected chi connectivity index (χ2v) is 5.09. The fourth-order valence-electron chi connectivity index (χ4n) is 2.12. The Labute approximate surface area is 143 Å². The van der Waals surface area contributed by atoms with Gasteiger partial charge in [0.25, 0.3) is 5.91 Å². The maximum absolute atomic E-state index is 13.6. The lowest BCUT2D eigenvalue weighted by molar-refractivity contribution is 0.102. The molecule has 1 amide bonds. The highest BCUT2D eigenvalue weighted by Crippen LogP contribution is 2.19. The number of carbonyl (C=O) groups excluding carboxylic acids is 1. The highest BCUT2D eigenvalue weighted by Gasteiger charge is 2.10. The summed E-state index contributed by atoms with van der Waals surface area (Å²) < 4.78 is 18.7. The van der Waals surface area contributed by atoms with Crippen LogP contribution < -0.4 is 15.4 Å². The van der Waals surface area contributed by atoms with Gasteiger partial charge in [-0.1, -0.05) is 18.2 Å². The standard InChI is InChI=1S/C18H15FN4O2/c1-25-13-6-4-5-12(11-13)20-18(24)16-9-10-17(23-22-16)21-15-8-3-2-7-14(15)19/h2-11H,1H3,(H,20,24)(H,21,23). The first-order valence-corrected chi connectivity index (χ1v) is 7.46. The van der Waals surface area contributed by atoms with Gasteiger partial charge >= 0.3 is 0 Å². The molecule has 0 aliphatic heterocycles. The third-order valence-electron chi connectivity index (χ3n) is 3.36. The van der Waals surface area contributed by atoms with Crippen LogP contribution >= 0.6 is 0 Å². The van der Waals surface area contributed by atoms with Crippen molar-refractivity contribution >= 4 is 23.1 Å². The molecule has 0 spiro atoms. The van der Waals surface area contributed by atoms with Gasteiger partial charge in [-0.05, 0) is 36.4 Å². The molecule has 0 bridgehead atoms. The van der Waals surface area contributed by atoms with E-state index in [-0.39, 0.29) is 11.4 Å².